The molecular weight excluding hydrogens is 178 g/mol. The second-order valence-corrected chi connectivity index (χ2v) is 5.40. The first kappa shape index (κ1) is 8.72. The van der Waals surface area contributed by atoms with Crippen LogP contribution >= 0.6 is 0 Å². The summed E-state index contributed by atoms with van der Waals surface area (Å²) >= 11 is 0. The minimum Gasteiger partial charge on any atom is -0.480 e. The van der Waals surface area contributed by atoms with Gasteiger partial charge in [0.25, 0.3) is 0 Å². The lowest BCUT2D eigenvalue weighted by atomic mass is 9.60. The Morgan fingerprint density at radius 2 is 1.64 bits per heavy atom. The fourth-order valence-electron chi connectivity index (χ4n) is 3.24. The Morgan fingerprint density at radius 3 is 1.93 bits per heavy atom. The lowest BCUT2D eigenvalue weighted by Crippen LogP contribution is -2.71. The van der Waals surface area contributed by atoms with Gasteiger partial charge in [-0.3, -0.25) is 9.69 Å². The second-order valence-electron chi connectivity index (χ2n) is 5.40. The lowest BCUT2D eigenvalue weighted by molar-refractivity contribution is -0.182. The van der Waals surface area contributed by atoms with Crippen molar-refractivity contribution in [1.29, 1.82) is 0 Å². The molecule has 0 unspecified atom stereocenters. The monoisotopic (exact) mass is 195 g/mol. The molecule has 3 fully saturated rings. The molecule has 2 aliphatic carbocycles. The van der Waals surface area contributed by atoms with Gasteiger partial charge in [-0.15, -0.1) is 0 Å². The highest BCUT2D eigenvalue weighted by Gasteiger charge is 2.58. The predicted octanol–water partition coefficient (Wildman–Crippen LogP) is 1.48. The van der Waals surface area contributed by atoms with E-state index in [4.69, 9.17) is 0 Å². The number of nitrogens with zero attached hydrogens (tertiary/aromatic N) is 1. The van der Waals surface area contributed by atoms with Gasteiger partial charge in [0.2, 0.25) is 0 Å². The molecule has 0 aromatic rings. The van der Waals surface area contributed by atoms with Crippen LogP contribution in [0.2, 0.25) is 0 Å². The van der Waals surface area contributed by atoms with Gasteiger partial charge in [-0.25, -0.2) is 0 Å². The van der Waals surface area contributed by atoms with Gasteiger partial charge in [0.1, 0.15) is 5.54 Å². The Labute approximate surface area is 84.1 Å². The largest absolute Gasteiger partial charge is 0.480 e. The van der Waals surface area contributed by atoms with Crippen LogP contribution in [-0.2, 0) is 4.79 Å². The first-order chi connectivity index (χ1) is 6.67. The summed E-state index contributed by atoms with van der Waals surface area (Å²) < 4.78 is 0. The summed E-state index contributed by atoms with van der Waals surface area (Å²) in [6, 6.07) is 0. The van der Waals surface area contributed by atoms with Crippen LogP contribution in [0.1, 0.15) is 38.5 Å². The maximum Gasteiger partial charge on any atom is 0.324 e. The Hall–Kier alpha value is -0.570. The zero-order valence-electron chi connectivity index (χ0n) is 8.46. The Kier molecular flexibility index (Phi) is 1.56. The topological polar surface area (TPSA) is 40.5 Å². The standard InChI is InChI=1S/C11H17NO2/c13-9(14)11(5-2-6-11)12-7-10(8-12)3-1-4-10/h1-8H2,(H,13,14). The van der Waals surface area contributed by atoms with Crippen LogP contribution < -0.4 is 0 Å². The molecule has 0 radical (unpaired) electrons. The summed E-state index contributed by atoms with van der Waals surface area (Å²) in [5.41, 5.74) is 0.110. The molecule has 1 spiro atoms. The van der Waals surface area contributed by atoms with E-state index in [1.54, 1.807) is 0 Å². The average molecular weight is 195 g/mol. The summed E-state index contributed by atoms with van der Waals surface area (Å²) in [5.74, 6) is -0.585. The third kappa shape index (κ3) is 0.888. The van der Waals surface area contributed by atoms with E-state index in [1.807, 2.05) is 0 Å². The summed E-state index contributed by atoms with van der Waals surface area (Å²) in [5, 5.41) is 9.24. The quantitative estimate of drug-likeness (QED) is 0.725. The molecule has 0 bridgehead atoms. The molecule has 1 aliphatic heterocycles. The lowest BCUT2D eigenvalue weighted by Gasteiger charge is -2.63. The average Bonchev–Trinajstić information content (AvgIpc) is 1.85. The van der Waals surface area contributed by atoms with E-state index in [0.29, 0.717) is 5.41 Å². The van der Waals surface area contributed by atoms with Crippen LogP contribution in [0.3, 0.4) is 0 Å². The number of hydrogen-bond acceptors (Lipinski definition) is 2. The first-order valence-corrected chi connectivity index (χ1v) is 5.66. The van der Waals surface area contributed by atoms with Gasteiger partial charge in [0, 0.05) is 13.1 Å². The molecule has 78 valence electrons. The summed E-state index contributed by atoms with van der Waals surface area (Å²) in [4.78, 5) is 13.4. The third-order valence-electron chi connectivity index (χ3n) is 4.65. The molecule has 0 aromatic heterocycles. The molecule has 14 heavy (non-hydrogen) atoms. The van der Waals surface area contributed by atoms with Crippen molar-refractivity contribution in [2.45, 2.75) is 44.1 Å². The highest BCUT2D eigenvalue weighted by atomic mass is 16.4. The molecular formula is C11H17NO2. The van der Waals surface area contributed by atoms with E-state index in [0.717, 1.165) is 32.4 Å². The Balaban J connectivity index is 1.69. The van der Waals surface area contributed by atoms with E-state index in [-0.39, 0.29) is 0 Å². The Morgan fingerprint density at radius 1 is 1.07 bits per heavy atom. The molecule has 1 N–H and O–H groups in total. The van der Waals surface area contributed by atoms with E-state index < -0.39 is 11.5 Å². The number of carboxylic acids is 1. The van der Waals surface area contributed by atoms with E-state index >= 15 is 0 Å². The van der Waals surface area contributed by atoms with Crippen LogP contribution in [0.25, 0.3) is 0 Å². The zero-order valence-corrected chi connectivity index (χ0v) is 8.46. The molecule has 0 atom stereocenters. The van der Waals surface area contributed by atoms with Crippen molar-refractivity contribution in [1.82, 2.24) is 4.90 Å². The first-order valence-electron chi connectivity index (χ1n) is 5.66. The van der Waals surface area contributed by atoms with E-state index in [2.05, 4.69) is 4.90 Å². The van der Waals surface area contributed by atoms with Gasteiger partial charge in [0.05, 0.1) is 0 Å². The molecule has 0 aromatic carbocycles. The zero-order chi connectivity index (χ0) is 9.81. The van der Waals surface area contributed by atoms with Crippen molar-refractivity contribution in [2.24, 2.45) is 5.41 Å². The Bertz CT molecular complexity index is 271. The minimum atomic E-state index is -0.585. The number of hydrogen-bond donors (Lipinski definition) is 1. The van der Waals surface area contributed by atoms with Crippen molar-refractivity contribution < 1.29 is 9.90 Å². The van der Waals surface area contributed by atoms with Crippen LogP contribution in [-0.4, -0.2) is 34.6 Å². The highest BCUT2D eigenvalue weighted by molar-refractivity contribution is 5.80. The van der Waals surface area contributed by atoms with Crippen molar-refractivity contribution in [2.75, 3.05) is 13.1 Å². The SMILES string of the molecule is O=C(O)C1(N2CC3(CCC3)C2)CCC1. The number of carboxylic acid groups (broad SMARTS) is 1. The number of carbonyl (C=O) groups is 1. The molecule has 3 heteroatoms. The van der Waals surface area contributed by atoms with Gasteiger partial charge in [-0.2, -0.15) is 0 Å². The molecule has 0 amide bonds. The van der Waals surface area contributed by atoms with Gasteiger partial charge >= 0.3 is 5.97 Å². The van der Waals surface area contributed by atoms with Crippen molar-refractivity contribution in [3.05, 3.63) is 0 Å². The molecule has 1 saturated heterocycles. The van der Waals surface area contributed by atoms with Crippen molar-refractivity contribution >= 4 is 5.97 Å². The second kappa shape index (κ2) is 2.51. The maximum atomic E-state index is 11.2. The van der Waals surface area contributed by atoms with Crippen LogP contribution in [0.4, 0.5) is 0 Å². The van der Waals surface area contributed by atoms with Crippen molar-refractivity contribution in [3.8, 4) is 0 Å². The number of likely N-dealkylation sites (tertiary alicyclic amines) is 1. The van der Waals surface area contributed by atoms with Crippen molar-refractivity contribution in [3.63, 3.8) is 0 Å². The molecule has 2 saturated carbocycles. The predicted molar refractivity (Wildman–Crippen MR) is 52.1 cm³/mol. The molecule has 3 aliphatic rings. The molecule has 3 nitrogen and oxygen atoms in total. The van der Waals surface area contributed by atoms with E-state index in [1.165, 1.54) is 19.3 Å². The summed E-state index contributed by atoms with van der Waals surface area (Å²) in [6.45, 7) is 2.11. The normalized spacial score (nSPS) is 32.9. The maximum absolute atomic E-state index is 11.2. The fourth-order valence-corrected chi connectivity index (χ4v) is 3.24. The minimum absolute atomic E-state index is 0.444. The molecule has 1 heterocycles. The van der Waals surface area contributed by atoms with Gasteiger partial charge < -0.3 is 5.11 Å². The van der Waals surface area contributed by atoms with Gasteiger partial charge in [0.15, 0.2) is 0 Å². The van der Waals surface area contributed by atoms with Gasteiger partial charge in [-0.05, 0) is 37.5 Å². The van der Waals surface area contributed by atoms with Crippen LogP contribution in [0, 0.1) is 5.41 Å². The van der Waals surface area contributed by atoms with Crippen LogP contribution in [0.5, 0.6) is 0 Å². The highest BCUT2D eigenvalue weighted by Crippen LogP contribution is 2.53. The van der Waals surface area contributed by atoms with E-state index in [9.17, 15) is 9.90 Å². The van der Waals surface area contributed by atoms with Crippen LogP contribution in [0.15, 0.2) is 0 Å². The van der Waals surface area contributed by atoms with Gasteiger partial charge in [-0.1, -0.05) is 6.42 Å². The summed E-state index contributed by atoms with van der Waals surface area (Å²) in [7, 11) is 0. The number of aliphatic carboxylic acids is 1. The summed E-state index contributed by atoms with van der Waals surface area (Å²) in [6.07, 6.45) is 6.86. The number of rotatable bonds is 2. The smallest absolute Gasteiger partial charge is 0.324 e. The molecule has 3 rings (SSSR count). The fraction of sp³-hybridized carbons (Fsp3) is 0.909. The third-order valence-corrected chi connectivity index (χ3v) is 4.65.